The van der Waals surface area contributed by atoms with Crippen molar-refractivity contribution in [3.8, 4) is 11.5 Å². The van der Waals surface area contributed by atoms with Gasteiger partial charge in [-0.15, -0.1) is 10.2 Å². The largest absolute Gasteiger partial charge is 0.411 e. The molecular weight excluding hydrogens is 322 g/mol. The molecule has 0 aliphatic heterocycles. The van der Waals surface area contributed by atoms with Crippen LogP contribution >= 0.6 is 11.8 Å². The van der Waals surface area contributed by atoms with Gasteiger partial charge in [-0.2, -0.15) is 0 Å². The first-order valence-electron chi connectivity index (χ1n) is 7.51. The average Bonchev–Trinajstić information content (AvgIpc) is 3.18. The molecule has 7 heteroatoms. The highest BCUT2D eigenvalue weighted by atomic mass is 32.2. The fourth-order valence-corrected chi connectivity index (χ4v) is 3.21. The lowest BCUT2D eigenvalue weighted by Crippen LogP contribution is -1.83. The van der Waals surface area contributed by atoms with E-state index in [9.17, 15) is 0 Å². The van der Waals surface area contributed by atoms with Gasteiger partial charge in [0.05, 0.1) is 5.69 Å². The Labute approximate surface area is 143 Å². The molecule has 3 heterocycles. The van der Waals surface area contributed by atoms with Crippen molar-refractivity contribution in [1.82, 2.24) is 24.6 Å². The van der Waals surface area contributed by atoms with Gasteiger partial charge in [0.25, 0.3) is 5.22 Å². The minimum absolute atomic E-state index is 0.536. The lowest BCUT2D eigenvalue weighted by Gasteiger charge is -2.00. The SMILES string of the molecule is Cc1cc(C)cc(-c2nnc(SCc3cn4cccnc4n3)o2)c1. The zero-order valence-corrected chi connectivity index (χ0v) is 14.1. The molecular formula is C17H15N5OS. The van der Waals surface area contributed by atoms with E-state index >= 15 is 0 Å². The van der Waals surface area contributed by atoms with Gasteiger partial charge in [0.15, 0.2) is 0 Å². The standard InChI is InChI=1S/C17H15N5OS/c1-11-6-12(2)8-13(7-11)15-20-21-17(23-15)24-10-14-9-22-5-3-4-18-16(22)19-14/h3-9H,10H2,1-2H3. The minimum atomic E-state index is 0.536. The average molecular weight is 337 g/mol. The maximum absolute atomic E-state index is 5.77. The number of fused-ring (bicyclic) bond motifs is 1. The summed E-state index contributed by atoms with van der Waals surface area (Å²) in [7, 11) is 0. The predicted octanol–water partition coefficient (Wildman–Crippen LogP) is 3.69. The van der Waals surface area contributed by atoms with Gasteiger partial charge < -0.3 is 4.42 Å². The number of nitrogens with zero attached hydrogens (tertiary/aromatic N) is 5. The predicted molar refractivity (Wildman–Crippen MR) is 91.8 cm³/mol. The summed E-state index contributed by atoms with van der Waals surface area (Å²) in [5.41, 5.74) is 4.22. The highest BCUT2D eigenvalue weighted by Gasteiger charge is 2.11. The summed E-state index contributed by atoms with van der Waals surface area (Å²) in [6.07, 6.45) is 5.61. The molecule has 4 rings (SSSR count). The summed E-state index contributed by atoms with van der Waals surface area (Å²) in [6.45, 7) is 4.11. The second kappa shape index (κ2) is 6.09. The van der Waals surface area contributed by atoms with Gasteiger partial charge in [0.1, 0.15) is 0 Å². The van der Waals surface area contributed by atoms with E-state index in [1.807, 2.05) is 35.0 Å². The van der Waals surface area contributed by atoms with Crippen molar-refractivity contribution >= 4 is 17.5 Å². The molecule has 0 bridgehead atoms. The third-order valence-electron chi connectivity index (χ3n) is 3.50. The molecule has 0 unspecified atom stereocenters. The highest BCUT2D eigenvalue weighted by molar-refractivity contribution is 7.98. The molecule has 3 aromatic heterocycles. The van der Waals surface area contributed by atoms with E-state index in [0.717, 1.165) is 11.3 Å². The van der Waals surface area contributed by atoms with E-state index in [0.29, 0.717) is 22.6 Å². The molecule has 0 saturated carbocycles. The summed E-state index contributed by atoms with van der Waals surface area (Å²) >= 11 is 1.47. The Hall–Kier alpha value is -2.67. The number of aryl methyl sites for hydroxylation is 2. The molecule has 1 aromatic carbocycles. The number of benzene rings is 1. The number of imidazole rings is 1. The summed E-state index contributed by atoms with van der Waals surface area (Å²) in [4.78, 5) is 8.67. The Morgan fingerprint density at radius 1 is 1.12 bits per heavy atom. The summed E-state index contributed by atoms with van der Waals surface area (Å²) in [5, 5.41) is 8.80. The smallest absolute Gasteiger partial charge is 0.277 e. The van der Waals surface area contributed by atoms with E-state index in [2.05, 4.69) is 40.1 Å². The molecule has 0 amide bonds. The van der Waals surface area contributed by atoms with Gasteiger partial charge in [0, 0.05) is 29.9 Å². The van der Waals surface area contributed by atoms with Crippen LogP contribution in [-0.4, -0.2) is 24.6 Å². The van der Waals surface area contributed by atoms with Gasteiger partial charge in [-0.05, 0) is 32.0 Å². The first kappa shape index (κ1) is 14.9. The molecule has 0 fully saturated rings. The topological polar surface area (TPSA) is 69.1 Å². The van der Waals surface area contributed by atoms with Gasteiger partial charge in [-0.25, -0.2) is 9.97 Å². The van der Waals surface area contributed by atoms with Crippen LogP contribution in [0.4, 0.5) is 0 Å². The van der Waals surface area contributed by atoms with Crippen molar-refractivity contribution in [1.29, 1.82) is 0 Å². The Kier molecular flexibility index (Phi) is 3.78. The first-order valence-corrected chi connectivity index (χ1v) is 8.49. The summed E-state index contributed by atoms with van der Waals surface area (Å²) in [6, 6.07) is 8.08. The van der Waals surface area contributed by atoms with E-state index in [1.54, 1.807) is 6.20 Å². The Morgan fingerprint density at radius 3 is 2.75 bits per heavy atom. The Morgan fingerprint density at radius 2 is 1.96 bits per heavy atom. The number of hydrogen-bond acceptors (Lipinski definition) is 6. The lowest BCUT2D eigenvalue weighted by atomic mass is 10.1. The lowest BCUT2D eigenvalue weighted by molar-refractivity contribution is 0.465. The molecule has 0 saturated heterocycles. The van der Waals surface area contributed by atoms with Gasteiger partial charge in [-0.1, -0.05) is 29.0 Å². The highest BCUT2D eigenvalue weighted by Crippen LogP contribution is 2.26. The fourth-order valence-electron chi connectivity index (χ4n) is 2.57. The van der Waals surface area contributed by atoms with Crippen molar-refractivity contribution in [2.45, 2.75) is 24.8 Å². The normalized spacial score (nSPS) is 11.2. The van der Waals surface area contributed by atoms with Crippen LogP contribution in [0.2, 0.25) is 0 Å². The molecule has 24 heavy (non-hydrogen) atoms. The molecule has 0 spiro atoms. The summed E-state index contributed by atoms with van der Waals surface area (Å²) < 4.78 is 7.66. The number of thioether (sulfide) groups is 1. The van der Waals surface area contributed by atoms with Crippen LogP contribution in [0.3, 0.4) is 0 Å². The van der Waals surface area contributed by atoms with Crippen molar-refractivity contribution in [2.75, 3.05) is 0 Å². The van der Waals surface area contributed by atoms with E-state index < -0.39 is 0 Å². The van der Waals surface area contributed by atoms with Crippen LogP contribution in [0.15, 0.2) is 52.5 Å². The quantitative estimate of drug-likeness (QED) is 0.529. The van der Waals surface area contributed by atoms with Crippen molar-refractivity contribution in [2.24, 2.45) is 0 Å². The third kappa shape index (κ3) is 3.03. The van der Waals surface area contributed by atoms with Gasteiger partial charge in [0.2, 0.25) is 11.7 Å². The number of hydrogen-bond donors (Lipinski definition) is 0. The van der Waals surface area contributed by atoms with Crippen molar-refractivity contribution < 1.29 is 4.42 Å². The maximum Gasteiger partial charge on any atom is 0.277 e. The maximum atomic E-state index is 5.77. The zero-order valence-electron chi connectivity index (χ0n) is 13.3. The second-order valence-corrected chi connectivity index (χ2v) is 6.52. The Balaban J connectivity index is 1.50. The van der Waals surface area contributed by atoms with E-state index in [-0.39, 0.29) is 0 Å². The van der Waals surface area contributed by atoms with Crippen LogP contribution in [0.25, 0.3) is 17.2 Å². The molecule has 120 valence electrons. The molecule has 0 atom stereocenters. The molecule has 4 aromatic rings. The molecule has 0 radical (unpaired) electrons. The van der Waals surface area contributed by atoms with Crippen LogP contribution in [-0.2, 0) is 5.75 Å². The number of rotatable bonds is 4. The molecule has 6 nitrogen and oxygen atoms in total. The Bertz CT molecular complexity index is 954. The van der Waals surface area contributed by atoms with Crippen molar-refractivity contribution in [3.63, 3.8) is 0 Å². The van der Waals surface area contributed by atoms with Crippen LogP contribution in [0.5, 0.6) is 0 Å². The molecule has 0 aliphatic rings. The molecule has 0 N–H and O–H groups in total. The second-order valence-electron chi connectivity index (χ2n) is 5.60. The van der Waals surface area contributed by atoms with Crippen molar-refractivity contribution in [3.05, 3.63) is 59.7 Å². The fraction of sp³-hybridized carbons (Fsp3) is 0.176. The number of aromatic nitrogens is 5. The first-order chi connectivity index (χ1) is 11.7. The monoisotopic (exact) mass is 337 g/mol. The van der Waals surface area contributed by atoms with E-state index in [1.165, 1.54) is 22.9 Å². The van der Waals surface area contributed by atoms with Crippen LogP contribution in [0, 0.1) is 13.8 Å². The molecule has 0 aliphatic carbocycles. The van der Waals surface area contributed by atoms with E-state index in [4.69, 9.17) is 4.42 Å². The summed E-state index contributed by atoms with van der Waals surface area (Å²) in [5.74, 6) is 1.88. The van der Waals surface area contributed by atoms with Crippen LogP contribution in [0.1, 0.15) is 16.8 Å². The van der Waals surface area contributed by atoms with Gasteiger partial charge >= 0.3 is 0 Å². The van der Waals surface area contributed by atoms with Crippen LogP contribution < -0.4 is 0 Å². The zero-order chi connectivity index (χ0) is 16.5. The van der Waals surface area contributed by atoms with Gasteiger partial charge in [-0.3, -0.25) is 4.40 Å². The minimum Gasteiger partial charge on any atom is -0.411 e. The third-order valence-corrected chi connectivity index (χ3v) is 4.36.